The first-order valence-electron chi connectivity index (χ1n) is 5.27. The lowest BCUT2D eigenvalue weighted by Crippen LogP contribution is -2.34. The fourth-order valence-electron chi connectivity index (χ4n) is 1.13. The predicted molar refractivity (Wildman–Crippen MR) is 56.9 cm³/mol. The number of halogens is 4. The third-order valence-corrected chi connectivity index (χ3v) is 1.97. The Morgan fingerprint density at radius 2 is 2.06 bits per heavy atom. The van der Waals surface area contributed by atoms with E-state index in [0.29, 0.717) is 12.2 Å². The van der Waals surface area contributed by atoms with Crippen LogP contribution in [0.2, 0.25) is 0 Å². The molecule has 0 aliphatic carbocycles. The molecule has 0 bridgehead atoms. The van der Waals surface area contributed by atoms with Gasteiger partial charge < -0.3 is 10.5 Å². The Labute approximate surface area is 101 Å². The summed E-state index contributed by atoms with van der Waals surface area (Å²) in [5.41, 5.74) is 5.42. The van der Waals surface area contributed by atoms with Crippen LogP contribution in [0.4, 0.5) is 23.4 Å². The average Bonchev–Trinajstić information content (AvgIpc) is 2.26. The van der Waals surface area contributed by atoms with Crippen LogP contribution in [0.25, 0.3) is 0 Å². The maximum absolute atomic E-state index is 12.6. The summed E-state index contributed by atoms with van der Waals surface area (Å²) in [6.45, 7) is 0.421. The second kappa shape index (κ2) is 5.83. The molecule has 0 aromatic carbocycles. The number of alkyl halides is 4. The Morgan fingerprint density at radius 1 is 1.39 bits per heavy atom. The maximum Gasteiger partial charge on any atom is 0.340 e. The molecule has 1 heterocycles. The van der Waals surface area contributed by atoms with Crippen LogP contribution >= 0.6 is 0 Å². The highest BCUT2D eigenvalue weighted by Gasteiger charge is 2.41. The highest BCUT2D eigenvalue weighted by Crippen LogP contribution is 2.24. The number of nitrogen functional groups attached to an aromatic ring is 1. The molecule has 0 unspecified atom stereocenters. The van der Waals surface area contributed by atoms with Crippen molar-refractivity contribution in [1.29, 1.82) is 0 Å². The normalized spacial score (nSPS) is 11.9. The predicted octanol–water partition coefficient (Wildman–Crippen LogP) is 2.29. The fraction of sp³-hybridized carbons (Fsp3) is 0.600. The van der Waals surface area contributed by atoms with Crippen LogP contribution in [0.5, 0.6) is 5.88 Å². The van der Waals surface area contributed by atoms with E-state index in [1.54, 1.807) is 0 Å². The Kier molecular flexibility index (Phi) is 4.69. The van der Waals surface area contributed by atoms with Gasteiger partial charge in [0.25, 0.3) is 0 Å². The van der Waals surface area contributed by atoms with Crippen LogP contribution in [-0.4, -0.2) is 28.9 Å². The van der Waals surface area contributed by atoms with Gasteiger partial charge in [0, 0.05) is 12.5 Å². The van der Waals surface area contributed by atoms with Crippen molar-refractivity contribution >= 4 is 5.82 Å². The largest absolute Gasteiger partial charge is 0.471 e. The Morgan fingerprint density at radius 3 is 2.61 bits per heavy atom. The van der Waals surface area contributed by atoms with E-state index in [2.05, 4.69) is 14.7 Å². The molecule has 4 nitrogen and oxygen atoms in total. The fourth-order valence-corrected chi connectivity index (χ4v) is 1.13. The van der Waals surface area contributed by atoms with E-state index < -0.39 is 19.0 Å². The number of rotatable bonds is 6. The molecule has 8 heteroatoms. The van der Waals surface area contributed by atoms with Crippen molar-refractivity contribution in [2.24, 2.45) is 0 Å². The van der Waals surface area contributed by atoms with Gasteiger partial charge in [-0.15, -0.1) is 0 Å². The summed E-state index contributed by atoms with van der Waals surface area (Å²) in [6.07, 6.45) is -2.56. The van der Waals surface area contributed by atoms with Crippen molar-refractivity contribution in [3.63, 3.8) is 0 Å². The molecular weight excluding hydrogens is 254 g/mol. The number of hydrogen-bond donors (Lipinski definition) is 1. The molecule has 0 atom stereocenters. The van der Waals surface area contributed by atoms with Crippen LogP contribution in [0.1, 0.15) is 19.2 Å². The minimum absolute atomic E-state index is 0.0452. The van der Waals surface area contributed by atoms with Crippen LogP contribution in [-0.2, 0) is 6.42 Å². The van der Waals surface area contributed by atoms with E-state index >= 15 is 0 Å². The topological polar surface area (TPSA) is 61.0 Å². The highest BCUT2D eigenvalue weighted by atomic mass is 19.3. The number of aryl methyl sites for hydroxylation is 1. The first kappa shape index (κ1) is 14.5. The van der Waals surface area contributed by atoms with Gasteiger partial charge in [0.15, 0.2) is 6.61 Å². The molecule has 2 N–H and O–H groups in total. The molecule has 1 rings (SSSR count). The number of ether oxygens (including phenoxy) is 1. The summed E-state index contributed by atoms with van der Waals surface area (Å²) in [5, 5.41) is 0. The molecule has 1 aromatic rings. The minimum Gasteiger partial charge on any atom is -0.471 e. The summed E-state index contributed by atoms with van der Waals surface area (Å²) in [6, 6.07) is 1.11. The van der Waals surface area contributed by atoms with Crippen LogP contribution < -0.4 is 10.5 Å². The van der Waals surface area contributed by atoms with Crippen molar-refractivity contribution in [1.82, 2.24) is 9.97 Å². The Balaban J connectivity index is 2.73. The van der Waals surface area contributed by atoms with Gasteiger partial charge in [0.1, 0.15) is 11.6 Å². The lowest BCUT2D eigenvalue weighted by Gasteiger charge is -2.15. The summed E-state index contributed by atoms with van der Waals surface area (Å²) < 4.78 is 53.6. The maximum atomic E-state index is 12.6. The summed E-state index contributed by atoms with van der Waals surface area (Å²) in [7, 11) is 0. The van der Waals surface area contributed by atoms with Gasteiger partial charge in [-0.2, -0.15) is 13.8 Å². The van der Waals surface area contributed by atoms with Crippen LogP contribution in [0, 0.1) is 0 Å². The zero-order valence-corrected chi connectivity index (χ0v) is 9.67. The third-order valence-electron chi connectivity index (χ3n) is 1.97. The van der Waals surface area contributed by atoms with Gasteiger partial charge in [0.2, 0.25) is 5.88 Å². The Hall–Kier alpha value is -1.60. The van der Waals surface area contributed by atoms with E-state index in [-0.39, 0.29) is 11.7 Å². The molecule has 0 aliphatic rings. The molecule has 0 spiro atoms. The van der Waals surface area contributed by atoms with E-state index in [9.17, 15) is 17.6 Å². The van der Waals surface area contributed by atoms with Crippen LogP contribution in [0.3, 0.4) is 0 Å². The molecule has 18 heavy (non-hydrogen) atoms. The summed E-state index contributed by atoms with van der Waals surface area (Å²) in [5.74, 6) is -4.08. The quantitative estimate of drug-likeness (QED) is 0.803. The number of nitrogens with zero attached hydrogens (tertiary/aromatic N) is 2. The zero-order valence-electron chi connectivity index (χ0n) is 9.67. The van der Waals surface area contributed by atoms with E-state index in [1.807, 2.05) is 6.92 Å². The first-order chi connectivity index (χ1) is 8.35. The molecule has 0 saturated carbocycles. The van der Waals surface area contributed by atoms with Crippen molar-refractivity contribution in [3.8, 4) is 5.88 Å². The number of nitrogens with two attached hydrogens (primary N) is 1. The highest BCUT2D eigenvalue weighted by molar-refractivity contribution is 5.32. The smallest absolute Gasteiger partial charge is 0.340 e. The van der Waals surface area contributed by atoms with Crippen molar-refractivity contribution < 1.29 is 22.3 Å². The summed E-state index contributed by atoms with van der Waals surface area (Å²) in [4.78, 5) is 7.65. The van der Waals surface area contributed by atoms with Crippen molar-refractivity contribution in [2.45, 2.75) is 32.1 Å². The molecule has 0 amide bonds. The van der Waals surface area contributed by atoms with Gasteiger partial charge >= 0.3 is 12.3 Å². The number of aromatic nitrogens is 2. The van der Waals surface area contributed by atoms with Crippen molar-refractivity contribution in [2.75, 3.05) is 12.3 Å². The molecule has 0 radical (unpaired) electrons. The molecule has 0 aliphatic heterocycles. The SMILES string of the molecule is CCCc1nc(N)cc(OCC(F)(F)C(F)F)n1. The molecule has 102 valence electrons. The second-order valence-corrected chi connectivity index (χ2v) is 3.65. The molecule has 0 fully saturated rings. The first-order valence-corrected chi connectivity index (χ1v) is 5.27. The summed E-state index contributed by atoms with van der Waals surface area (Å²) >= 11 is 0. The lowest BCUT2D eigenvalue weighted by atomic mass is 10.3. The second-order valence-electron chi connectivity index (χ2n) is 3.65. The average molecular weight is 267 g/mol. The van der Waals surface area contributed by atoms with E-state index in [0.717, 1.165) is 12.5 Å². The Bertz CT molecular complexity index is 401. The number of hydrogen-bond acceptors (Lipinski definition) is 4. The van der Waals surface area contributed by atoms with Gasteiger partial charge in [0.05, 0.1) is 0 Å². The standard InChI is InChI=1S/C10H13F4N3O/c1-2-3-7-16-6(15)4-8(17-7)18-5-10(13,14)9(11)12/h4,9H,2-3,5H2,1H3,(H2,15,16,17). The minimum atomic E-state index is -4.22. The van der Waals surface area contributed by atoms with E-state index in [1.165, 1.54) is 0 Å². The van der Waals surface area contributed by atoms with Gasteiger partial charge in [-0.25, -0.2) is 13.8 Å². The van der Waals surface area contributed by atoms with Crippen LogP contribution in [0.15, 0.2) is 6.07 Å². The third kappa shape index (κ3) is 4.01. The van der Waals surface area contributed by atoms with Gasteiger partial charge in [-0.3, -0.25) is 0 Å². The van der Waals surface area contributed by atoms with Crippen molar-refractivity contribution in [3.05, 3.63) is 11.9 Å². The van der Waals surface area contributed by atoms with Gasteiger partial charge in [-0.05, 0) is 6.42 Å². The number of anilines is 1. The monoisotopic (exact) mass is 267 g/mol. The molecule has 0 saturated heterocycles. The van der Waals surface area contributed by atoms with E-state index in [4.69, 9.17) is 5.73 Å². The lowest BCUT2D eigenvalue weighted by molar-refractivity contribution is -0.148. The van der Waals surface area contributed by atoms with Gasteiger partial charge in [-0.1, -0.05) is 6.92 Å². The molecule has 1 aromatic heterocycles. The zero-order chi connectivity index (χ0) is 13.8. The molecular formula is C10H13F4N3O.